The number of hydrogen-bond donors (Lipinski definition) is 6. The molecule has 296 valence electrons. The first kappa shape index (κ1) is 43.4. The molecule has 0 aliphatic heterocycles. The number of nitrogens with two attached hydrogens (primary N) is 1. The van der Waals surface area contributed by atoms with Crippen LogP contribution >= 0.6 is 46.4 Å². The molecule has 0 saturated heterocycles. The minimum Gasteiger partial charge on any atom is -0.505 e. The van der Waals surface area contributed by atoms with Crippen LogP contribution in [0.25, 0.3) is 0 Å². The Hall–Kier alpha value is -4.36. The van der Waals surface area contributed by atoms with Crippen LogP contribution in [0.15, 0.2) is 70.5 Å². The Balaban J connectivity index is 0.000000223. The number of anilines is 2. The number of esters is 1. The summed E-state index contributed by atoms with van der Waals surface area (Å²) in [5, 5.41) is 28.5. The summed E-state index contributed by atoms with van der Waals surface area (Å²) >= 11 is 23.1. The Morgan fingerprint density at radius 2 is 1.09 bits per heavy atom. The van der Waals surface area contributed by atoms with Crippen molar-refractivity contribution in [3.8, 4) is 23.0 Å². The Labute approximate surface area is 335 Å². The van der Waals surface area contributed by atoms with Gasteiger partial charge in [-0.15, -0.1) is 0 Å². The van der Waals surface area contributed by atoms with Crippen LogP contribution in [0.3, 0.4) is 0 Å². The van der Waals surface area contributed by atoms with Gasteiger partial charge in [0, 0.05) is 16.1 Å². The van der Waals surface area contributed by atoms with Crippen molar-refractivity contribution in [1.29, 1.82) is 0 Å². The molecule has 55 heavy (non-hydrogen) atoms. The zero-order valence-electron chi connectivity index (χ0n) is 28.7. The number of rotatable bonds is 11. The van der Waals surface area contributed by atoms with E-state index in [1.807, 2.05) is 0 Å². The highest BCUT2D eigenvalue weighted by atomic mass is 35.5. The number of aromatic hydroxyl groups is 2. The molecule has 0 unspecified atom stereocenters. The van der Waals surface area contributed by atoms with Crippen molar-refractivity contribution in [2.45, 2.75) is 47.6 Å². The highest BCUT2D eigenvalue weighted by molar-refractivity contribution is 7.93. The zero-order valence-corrected chi connectivity index (χ0v) is 33.3. The quantitative estimate of drug-likeness (QED) is 0.0822. The first-order chi connectivity index (χ1) is 25.8. The number of carbonyl (C=O) groups is 2. The van der Waals surface area contributed by atoms with E-state index in [0.29, 0.717) is 6.04 Å². The van der Waals surface area contributed by atoms with Gasteiger partial charge in [0.25, 0.3) is 20.0 Å². The second-order valence-electron chi connectivity index (χ2n) is 11.8. The highest BCUT2D eigenvalue weighted by Gasteiger charge is 2.28. The summed E-state index contributed by atoms with van der Waals surface area (Å²) in [6.07, 6.45) is 4.07. The van der Waals surface area contributed by atoms with E-state index in [4.69, 9.17) is 71.5 Å². The smallest absolute Gasteiger partial charge is 0.338 e. The van der Waals surface area contributed by atoms with E-state index in [9.17, 15) is 36.6 Å². The van der Waals surface area contributed by atoms with Crippen LogP contribution in [0, 0.1) is 0 Å². The molecule has 7 N–H and O–H groups in total. The molecule has 15 nitrogen and oxygen atoms in total. The lowest BCUT2D eigenvalue weighted by Crippen LogP contribution is -2.15. The number of benzene rings is 4. The third-order valence-corrected chi connectivity index (χ3v) is 11.1. The van der Waals surface area contributed by atoms with Crippen LogP contribution in [0.1, 0.15) is 46.4 Å². The van der Waals surface area contributed by atoms with Crippen LogP contribution in [0.2, 0.25) is 20.1 Å². The van der Waals surface area contributed by atoms with Crippen molar-refractivity contribution < 1.29 is 56.0 Å². The number of carboxylic acids is 1. The van der Waals surface area contributed by atoms with E-state index < -0.39 is 53.3 Å². The first-order valence-electron chi connectivity index (χ1n) is 15.7. The third kappa shape index (κ3) is 11.8. The van der Waals surface area contributed by atoms with E-state index in [-0.39, 0.29) is 60.2 Å². The lowest BCUT2D eigenvalue weighted by molar-refractivity contribution is 0.0471. The second-order valence-corrected chi connectivity index (χ2v) is 16.7. The number of phenols is 2. The summed E-state index contributed by atoms with van der Waals surface area (Å²) in [6, 6.07) is 12.9. The van der Waals surface area contributed by atoms with Crippen molar-refractivity contribution in [2.24, 2.45) is 5.73 Å². The molecule has 0 aromatic heterocycles. The number of hydrogen-bond acceptors (Lipinski definition) is 12. The average Bonchev–Trinajstić information content (AvgIpc) is 4.07. The molecular formula is C34H33Cl4N3O12S2. The van der Waals surface area contributed by atoms with Gasteiger partial charge in [0.05, 0.1) is 46.8 Å². The predicted molar refractivity (Wildman–Crippen MR) is 206 cm³/mol. The van der Waals surface area contributed by atoms with Crippen LogP contribution in [-0.2, 0) is 24.8 Å². The highest BCUT2D eigenvalue weighted by Crippen LogP contribution is 2.38. The lowest BCUT2D eigenvalue weighted by Gasteiger charge is -2.14. The van der Waals surface area contributed by atoms with Gasteiger partial charge in [-0.1, -0.05) is 46.4 Å². The number of halogens is 4. The molecule has 0 spiro atoms. The molecule has 0 atom stereocenters. The van der Waals surface area contributed by atoms with Gasteiger partial charge in [-0.3, -0.25) is 9.44 Å². The lowest BCUT2D eigenvalue weighted by atomic mass is 10.2. The molecule has 4 aromatic rings. The van der Waals surface area contributed by atoms with Gasteiger partial charge in [0.2, 0.25) is 0 Å². The Bertz CT molecular complexity index is 2320. The van der Waals surface area contributed by atoms with Gasteiger partial charge in [-0.25, -0.2) is 26.4 Å². The molecule has 0 radical (unpaired) electrons. The minimum absolute atomic E-state index is 0.00163. The number of phenolic OH excluding ortho intramolecular Hbond substituents is 2. The van der Waals surface area contributed by atoms with E-state index in [2.05, 4.69) is 9.44 Å². The molecule has 21 heteroatoms. The number of ether oxygens (including phenoxy) is 3. The fraction of sp³-hybridized carbons (Fsp3) is 0.235. The van der Waals surface area contributed by atoms with Gasteiger partial charge >= 0.3 is 11.9 Å². The summed E-state index contributed by atoms with van der Waals surface area (Å²) < 4.78 is 70.2. The number of carboxylic acid groups (broad SMARTS) is 1. The number of carbonyl (C=O) groups excluding carboxylic acids is 1. The van der Waals surface area contributed by atoms with Crippen LogP contribution in [-0.4, -0.2) is 70.5 Å². The number of sulfonamides is 2. The van der Waals surface area contributed by atoms with E-state index in [1.165, 1.54) is 69.5 Å². The Kier molecular flexibility index (Phi) is 14.2. The molecule has 2 saturated carbocycles. The minimum atomic E-state index is -4.31. The summed E-state index contributed by atoms with van der Waals surface area (Å²) in [5.74, 6) is -2.86. The standard InChI is InChI=1S/C17H15Cl2NO6S.C14H11Cl2NO6S.C3H7N/c1-25-14-5-2-9(17(22)26-11-3-4-11)6-13(14)20-27(23,24)15-8-10(18)7-12(19)16(15)21;1-23-11-3-2-7(14(19)20)4-10(11)17-24(21,22)12-6-8(15)5-9(16)13(12)18;4-3-1-2-3/h2,5-8,11,20-21H,3-4H2,1H3;2-6,17-18H,1H3,(H,19,20);3H,1-2,4H2. The SMILES string of the molecule is COc1ccc(C(=O)O)cc1NS(=O)(=O)c1cc(Cl)cc(Cl)c1O.COc1ccc(C(=O)OC2CC2)cc1NS(=O)(=O)c1cc(Cl)cc(Cl)c1O.NC1CC1. The molecular weight excluding hydrogens is 848 g/mol. The first-order valence-corrected chi connectivity index (χ1v) is 20.2. The van der Waals surface area contributed by atoms with Crippen LogP contribution in [0.5, 0.6) is 23.0 Å². The molecule has 0 heterocycles. The average molecular weight is 882 g/mol. The van der Waals surface area contributed by atoms with Crippen molar-refractivity contribution in [2.75, 3.05) is 23.7 Å². The molecule has 0 bridgehead atoms. The molecule has 2 fully saturated rings. The van der Waals surface area contributed by atoms with Gasteiger partial charge < -0.3 is 35.3 Å². The van der Waals surface area contributed by atoms with Crippen molar-refractivity contribution in [3.63, 3.8) is 0 Å². The number of nitrogens with one attached hydrogen (secondary N) is 2. The monoisotopic (exact) mass is 879 g/mol. The van der Waals surface area contributed by atoms with Gasteiger partial charge in [0.15, 0.2) is 11.5 Å². The predicted octanol–water partition coefficient (Wildman–Crippen LogP) is 7.14. The summed E-state index contributed by atoms with van der Waals surface area (Å²) in [6.45, 7) is 0. The molecule has 0 amide bonds. The second kappa shape index (κ2) is 18.1. The fourth-order valence-electron chi connectivity index (χ4n) is 4.23. The van der Waals surface area contributed by atoms with Crippen LogP contribution < -0.4 is 24.7 Å². The molecule has 6 rings (SSSR count). The topological polar surface area (TPSA) is 241 Å². The Morgan fingerprint density at radius 3 is 1.45 bits per heavy atom. The van der Waals surface area contributed by atoms with Gasteiger partial charge in [0.1, 0.15) is 27.4 Å². The summed E-state index contributed by atoms with van der Waals surface area (Å²) in [7, 11) is -5.94. The maximum atomic E-state index is 12.7. The third-order valence-electron chi connectivity index (χ3n) is 7.36. The normalized spacial score (nSPS) is 13.6. The van der Waals surface area contributed by atoms with Crippen LogP contribution in [0.4, 0.5) is 11.4 Å². The van der Waals surface area contributed by atoms with Crippen molar-refractivity contribution in [1.82, 2.24) is 0 Å². The number of aromatic carboxylic acids is 1. The van der Waals surface area contributed by atoms with Gasteiger partial charge in [-0.05, 0) is 86.3 Å². The fourth-order valence-corrected chi connectivity index (χ4v) is 7.87. The summed E-state index contributed by atoms with van der Waals surface area (Å²) in [5.41, 5.74) is 5.11. The molecule has 4 aromatic carbocycles. The number of methoxy groups -OCH3 is 2. The van der Waals surface area contributed by atoms with E-state index >= 15 is 0 Å². The van der Waals surface area contributed by atoms with E-state index in [0.717, 1.165) is 31.0 Å². The van der Waals surface area contributed by atoms with Crippen molar-refractivity contribution in [3.05, 3.63) is 91.9 Å². The largest absolute Gasteiger partial charge is 0.505 e. The molecule has 2 aliphatic carbocycles. The zero-order chi connectivity index (χ0) is 40.8. The van der Waals surface area contributed by atoms with E-state index in [1.54, 1.807) is 0 Å². The maximum Gasteiger partial charge on any atom is 0.338 e. The summed E-state index contributed by atoms with van der Waals surface area (Å²) in [4.78, 5) is 22.1. The van der Waals surface area contributed by atoms with Gasteiger partial charge in [-0.2, -0.15) is 0 Å². The molecule has 2 aliphatic rings. The Morgan fingerprint density at radius 1 is 0.691 bits per heavy atom. The van der Waals surface area contributed by atoms with Crippen molar-refractivity contribution >= 4 is 89.8 Å². The maximum absolute atomic E-state index is 12.7.